The smallest absolute Gasteiger partial charge is 0.235 e. The Kier molecular flexibility index (Phi) is 2.76. The number of hydrogen-bond donors (Lipinski definition) is 2. The van der Waals surface area contributed by atoms with Crippen molar-refractivity contribution in [2.45, 2.75) is 0 Å². The fourth-order valence-corrected chi connectivity index (χ4v) is 3.34. The van der Waals surface area contributed by atoms with Gasteiger partial charge in [0.15, 0.2) is 11.3 Å². The number of para-hydroxylation sites is 1. The summed E-state index contributed by atoms with van der Waals surface area (Å²) in [6.07, 6.45) is 0. The fraction of sp³-hybridized carbons (Fsp3) is 0. The van der Waals surface area contributed by atoms with Crippen LogP contribution in [0.5, 0.6) is 5.75 Å². The first-order chi connectivity index (χ1) is 12.2. The normalized spacial score (nSPS) is 11.5. The van der Waals surface area contributed by atoms with E-state index in [1.54, 1.807) is 18.2 Å². The molecule has 0 saturated carbocycles. The van der Waals surface area contributed by atoms with E-state index in [2.05, 4.69) is 4.98 Å². The molecule has 4 heteroatoms. The van der Waals surface area contributed by atoms with Crippen LogP contribution in [0.15, 0.2) is 75.9 Å². The molecule has 0 spiro atoms. The SMILES string of the molecule is O=c1c(O)c(-c2ccccc2)oc2c1ccc1c3ccccc3[nH]c12. The highest BCUT2D eigenvalue weighted by molar-refractivity contribution is 6.15. The van der Waals surface area contributed by atoms with Gasteiger partial charge in [0.25, 0.3) is 0 Å². The van der Waals surface area contributed by atoms with E-state index in [1.807, 2.05) is 48.5 Å². The summed E-state index contributed by atoms with van der Waals surface area (Å²) in [7, 11) is 0. The number of H-pyrrole nitrogens is 1. The van der Waals surface area contributed by atoms with Crippen molar-refractivity contribution in [3.63, 3.8) is 0 Å². The summed E-state index contributed by atoms with van der Waals surface area (Å²) in [5, 5.41) is 12.8. The molecule has 0 fully saturated rings. The van der Waals surface area contributed by atoms with Crippen LogP contribution >= 0.6 is 0 Å². The average molecular weight is 327 g/mol. The van der Waals surface area contributed by atoms with E-state index < -0.39 is 5.43 Å². The van der Waals surface area contributed by atoms with E-state index in [0.717, 1.165) is 21.8 Å². The van der Waals surface area contributed by atoms with E-state index >= 15 is 0 Å². The lowest BCUT2D eigenvalue weighted by Gasteiger charge is -2.06. The number of aromatic hydroxyl groups is 1. The van der Waals surface area contributed by atoms with Gasteiger partial charge in [-0.1, -0.05) is 54.6 Å². The van der Waals surface area contributed by atoms with E-state index in [0.29, 0.717) is 16.5 Å². The molecule has 0 aliphatic heterocycles. The van der Waals surface area contributed by atoms with Crippen LogP contribution in [0.4, 0.5) is 0 Å². The van der Waals surface area contributed by atoms with Crippen molar-refractivity contribution in [3.05, 3.63) is 77.0 Å². The maximum atomic E-state index is 12.7. The molecule has 2 heterocycles. The van der Waals surface area contributed by atoms with E-state index in [-0.39, 0.29) is 11.5 Å². The van der Waals surface area contributed by atoms with Gasteiger partial charge in [-0.2, -0.15) is 0 Å². The van der Waals surface area contributed by atoms with Gasteiger partial charge in [-0.3, -0.25) is 4.79 Å². The third kappa shape index (κ3) is 1.91. The second-order valence-corrected chi connectivity index (χ2v) is 6.01. The second-order valence-electron chi connectivity index (χ2n) is 6.01. The zero-order chi connectivity index (χ0) is 17.0. The molecular formula is C21H13NO3. The van der Waals surface area contributed by atoms with Gasteiger partial charge in [-0.05, 0) is 12.1 Å². The zero-order valence-corrected chi connectivity index (χ0v) is 13.1. The molecule has 0 aliphatic rings. The summed E-state index contributed by atoms with van der Waals surface area (Å²) < 4.78 is 6.02. The Morgan fingerprint density at radius 2 is 1.52 bits per heavy atom. The van der Waals surface area contributed by atoms with Crippen LogP contribution in [0, 0.1) is 0 Å². The van der Waals surface area contributed by atoms with Crippen LogP contribution in [-0.4, -0.2) is 10.1 Å². The minimum absolute atomic E-state index is 0.184. The van der Waals surface area contributed by atoms with Crippen LogP contribution in [-0.2, 0) is 0 Å². The zero-order valence-electron chi connectivity index (χ0n) is 13.1. The maximum Gasteiger partial charge on any atom is 0.235 e. The minimum Gasteiger partial charge on any atom is -0.502 e. The van der Waals surface area contributed by atoms with E-state index in [9.17, 15) is 9.90 Å². The molecule has 0 amide bonds. The highest BCUT2D eigenvalue weighted by Crippen LogP contribution is 2.35. The first kappa shape index (κ1) is 13.9. The van der Waals surface area contributed by atoms with Gasteiger partial charge in [-0.25, -0.2) is 0 Å². The Morgan fingerprint density at radius 1 is 0.800 bits per heavy atom. The monoisotopic (exact) mass is 327 g/mol. The number of nitrogens with one attached hydrogen (secondary N) is 1. The van der Waals surface area contributed by atoms with Gasteiger partial charge in [0.2, 0.25) is 11.2 Å². The molecular weight excluding hydrogens is 314 g/mol. The topological polar surface area (TPSA) is 66.2 Å². The van der Waals surface area contributed by atoms with Crippen molar-refractivity contribution < 1.29 is 9.52 Å². The Labute approximate surface area is 142 Å². The third-order valence-corrected chi connectivity index (χ3v) is 4.55. The minimum atomic E-state index is -0.430. The fourth-order valence-electron chi connectivity index (χ4n) is 3.34. The van der Waals surface area contributed by atoms with Crippen molar-refractivity contribution in [3.8, 4) is 17.1 Å². The van der Waals surface area contributed by atoms with Crippen molar-refractivity contribution in [1.82, 2.24) is 4.98 Å². The van der Waals surface area contributed by atoms with Gasteiger partial charge in [0, 0.05) is 21.9 Å². The first-order valence-corrected chi connectivity index (χ1v) is 7.98. The quantitative estimate of drug-likeness (QED) is 0.465. The molecule has 0 unspecified atom stereocenters. The van der Waals surface area contributed by atoms with Crippen molar-refractivity contribution >= 4 is 32.8 Å². The van der Waals surface area contributed by atoms with Crippen molar-refractivity contribution in [2.24, 2.45) is 0 Å². The summed E-state index contributed by atoms with van der Waals surface area (Å²) >= 11 is 0. The predicted molar refractivity (Wildman–Crippen MR) is 98.9 cm³/mol. The molecule has 0 bridgehead atoms. The van der Waals surface area contributed by atoms with Gasteiger partial charge in [0.05, 0.1) is 10.9 Å². The Bertz CT molecular complexity index is 1310. The van der Waals surface area contributed by atoms with Crippen LogP contribution in [0.25, 0.3) is 44.1 Å². The Hall–Kier alpha value is -3.53. The number of aromatic amines is 1. The second kappa shape index (κ2) is 4.98. The summed E-state index contributed by atoms with van der Waals surface area (Å²) in [4.78, 5) is 16.0. The molecule has 0 radical (unpaired) electrons. The van der Waals surface area contributed by atoms with E-state index in [4.69, 9.17) is 4.42 Å². The molecule has 5 aromatic rings. The highest BCUT2D eigenvalue weighted by Gasteiger charge is 2.18. The van der Waals surface area contributed by atoms with Crippen LogP contribution < -0.4 is 5.43 Å². The molecule has 0 saturated heterocycles. The molecule has 5 rings (SSSR count). The van der Waals surface area contributed by atoms with E-state index in [1.165, 1.54) is 0 Å². The summed E-state index contributed by atoms with van der Waals surface area (Å²) in [5.74, 6) is -0.182. The van der Waals surface area contributed by atoms with Gasteiger partial charge < -0.3 is 14.5 Å². The van der Waals surface area contributed by atoms with Gasteiger partial charge >= 0.3 is 0 Å². The van der Waals surface area contributed by atoms with Gasteiger partial charge in [-0.15, -0.1) is 0 Å². The number of benzene rings is 3. The molecule has 4 nitrogen and oxygen atoms in total. The lowest BCUT2D eigenvalue weighted by Crippen LogP contribution is -2.02. The number of rotatable bonds is 1. The molecule has 120 valence electrons. The van der Waals surface area contributed by atoms with Crippen molar-refractivity contribution in [1.29, 1.82) is 0 Å². The Balaban J connectivity index is 1.97. The summed E-state index contributed by atoms with van der Waals surface area (Å²) in [5.41, 5.74) is 2.41. The third-order valence-electron chi connectivity index (χ3n) is 4.55. The van der Waals surface area contributed by atoms with Crippen LogP contribution in [0.1, 0.15) is 0 Å². The lowest BCUT2D eigenvalue weighted by atomic mass is 10.1. The lowest BCUT2D eigenvalue weighted by molar-refractivity contribution is 0.449. The van der Waals surface area contributed by atoms with Crippen molar-refractivity contribution in [2.75, 3.05) is 0 Å². The maximum absolute atomic E-state index is 12.7. The molecule has 0 aliphatic carbocycles. The Morgan fingerprint density at radius 3 is 2.36 bits per heavy atom. The largest absolute Gasteiger partial charge is 0.502 e. The number of aromatic nitrogens is 1. The first-order valence-electron chi connectivity index (χ1n) is 7.98. The molecule has 3 aromatic carbocycles. The van der Waals surface area contributed by atoms with Crippen LogP contribution in [0.2, 0.25) is 0 Å². The average Bonchev–Trinajstić information content (AvgIpc) is 3.04. The molecule has 2 N–H and O–H groups in total. The van der Waals surface area contributed by atoms with Crippen LogP contribution in [0.3, 0.4) is 0 Å². The molecule has 0 atom stereocenters. The van der Waals surface area contributed by atoms with Gasteiger partial charge in [0.1, 0.15) is 0 Å². The highest BCUT2D eigenvalue weighted by atomic mass is 16.4. The molecule has 2 aromatic heterocycles. The number of fused-ring (bicyclic) bond motifs is 5. The molecule has 25 heavy (non-hydrogen) atoms. The number of hydrogen-bond acceptors (Lipinski definition) is 3. The summed E-state index contributed by atoms with van der Waals surface area (Å²) in [6.45, 7) is 0. The summed E-state index contributed by atoms with van der Waals surface area (Å²) in [6, 6.07) is 20.7. The standard InChI is InChI=1S/C21H13NO3/c23-18-15-11-10-14-13-8-4-5-9-16(13)22-17(14)21(15)25-20(19(18)24)12-6-2-1-3-7-12/h1-11,22,24H. The predicted octanol–water partition coefficient (Wildman–Crippen LogP) is 4.80.